The van der Waals surface area contributed by atoms with Gasteiger partial charge in [-0.2, -0.15) is 0 Å². The molecule has 116 valence electrons. The second-order valence-corrected chi connectivity index (χ2v) is 6.45. The van der Waals surface area contributed by atoms with Gasteiger partial charge in [-0.3, -0.25) is 9.69 Å². The van der Waals surface area contributed by atoms with Gasteiger partial charge in [0, 0.05) is 5.56 Å². The monoisotopic (exact) mass is 343 g/mol. The highest BCUT2D eigenvalue weighted by atomic mass is 32.2. The summed E-state index contributed by atoms with van der Waals surface area (Å²) in [4.78, 5) is 14.6. The maximum absolute atomic E-state index is 12.6. The van der Waals surface area contributed by atoms with Crippen molar-refractivity contribution in [2.24, 2.45) is 0 Å². The first kappa shape index (κ1) is 15.6. The lowest BCUT2D eigenvalue weighted by molar-refractivity contribution is -0.113. The summed E-state index contributed by atoms with van der Waals surface area (Å²) < 4.78 is 5.58. The number of thioether (sulfide) groups is 1. The fourth-order valence-electron chi connectivity index (χ4n) is 2.17. The Morgan fingerprint density at radius 2 is 1.87 bits per heavy atom. The highest BCUT2D eigenvalue weighted by Crippen LogP contribution is 2.37. The molecule has 1 amide bonds. The molecule has 23 heavy (non-hydrogen) atoms. The highest BCUT2D eigenvalue weighted by molar-refractivity contribution is 8.27. The molecule has 2 aromatic carbocycles. The van der Waals surface area contributed by atoms with E-state index in [0.29, 0.717) is 26.2 Å². The predicted octanol–water partition coefficient (Wildman–Crippen LogP) is 3.81. The fourth-order valence-corrected chi connectivity index (χ4v) is 3.46. The van der Waals surface area contributed by atoms with E-state index in [4.69, 9.17) is 17.0 Å². The number of phenolic OH excluding ortho intramolecular Hbond substituents is 1. The van der Waals surface area contributed by atoms with Gasteiger partial charge in [0.25, 0.3) is 5.91 Å². The minimum atomic E-state index is -0.201. The lowest BCUT2D eigenvalue weighted by Gasteiger charge is -2.14. The smallest absolute Gasteiger partial charge is 0.270 e. The van der Waals surface area contributed by atoms with E-state index in [1.807, 2.05) is 0 Å². The van der Waals surface area contributed by atoms with Gasteiger partial charge in [0.05, 0.1) is 17.7 Å². The summed E-state index contributed by atoms with van der Waals surface area (Å²) in [5, 5.41) is 9.84. The predicted molar refractivity (Wildman–Crippen MR) is 96.8 cm³/mol. The molecule has 0 radical (unpaired) electrons. The number of benzene rings is 2. The first-order valence-electron chi connectivity index (χ1n) is 6.80. The van der Waals surface area contributed by atoms with Crippen LogP contribution in [-0.4, -0.2) is 22.4 Å². The molecule has 1 aliphatic heterocycles. The van der Waals surface area contributed by atoms with E-state index in [9.17, 15) is 9.90 Å². The van der Waals surface area contributed by atoms with Crippen molar-refractivity contribution >= 4 is 46.0 Å². The molecule has 0 spiro atoms. The molecule has 0 aliphatic carbocycles. The van der Waals surface area contributed by atoms with Crippen LogP contribution in [-0.2, 0) is 4.79 Å². The fraction of sp³-hybridized carbons (Fsp3) is 0.0588. The number of para-hydroxylation sites is 1. The number of hydrogen-bond acceptors (Lipinski definition) is 5. The number of carbonyl (C=O) groups is 1. The summed E-state index contributed by atoms with van der Waals surface area (Å²) in [7, 11) is 1.59. The van der Waals surface area contributed by atoms with Crippen LogP contribution in [0.4, 0.5) is 5.69 Å². The molecule has 6 heteroatoms. The van der Waals surface area contributed by atoms with Gasteiger partial charge >= 0.3 is 0 Å². The molecule has 2 aromatic rings. The molecule has 4 nitrogen and oxygen atoms in total. The van der Waals surface area contributed by atoms with Crippen LogP contribution in [0.5, 0.6) is 11.5 Å². The second kappa shape index (κ2) is 6.44. The lowest BCUT2D eigenvalue weighted by atomic mass is 10.2. The van der Waals surface area contributed by atoms with Gasteiger partial charge in [0.15, 0.2) is 4.32 Å². The van der Waals surface area contributed by atoms with Crippen LogP contribution in [0.15, 0.2) is 53.4 Å². The van der Waals surface area contributed by atoms with Crippen molar-refractivity contribution in [2.45, 2.75) is 0 Å². The van der Waals surface area contributed by atoms with Gasteiger partial charge in [0.1, 0.15) is 11.5 Å². The largest absolute Gasteiger partial charge is 0.507 e. The van der Waals surface area contributed by atoms with Crippen molar-refractivity contribution in [1.82, 2.24) is 0 Å². The lowest BCUT2D eigenvalue weighted by Crippen LogP contribution is -2.27. The van der Waals surface area contributed by atoms with Gasteiger partial charge in [0.2, 0.25) is 0 Å². The van der Waals surface area contributed by atoms with Crippen LogP contribution in [0.1, 0.15) is 5.56 Å². The Bertz CT molecular complexity index is 800. The summed E-state index contributed by atoms with van der Waals surface area (Å²) in [5.41, 5.74) is 1.27. The molecule has 0 unspecified atom stereocenters. The molecular weight excluding hydrogens is 330 g/mol. The topological polar surface area (TPSA) is 49.8 Å². The first-order chi connectivity index (χ1) is 11.1. The maximum atomic E-state index is 12.6. The third-order valence-corrected chi connectivity index (χ3v) is 4.65. The zero-order chi connectivity index (χ0) is 16.4. The molecule has 0 saturated carbocycles. The summed E-state index contributed by atoms with van der Waals surface area (Å²) >= 11 is 6.54. The van der Waals surface area contributed by atoms with Crippen molar-refractivity contribution < 1.29 is 14.6 Å². The van der Waals surface area contributed by atoms with Crippen LogP contribution < -0.4 is 9.64 Å². The molecule has 3 rings (SSSR count). The van der Waals surface area contributed by atoms with E-state index in [2.05, 4.69) is 0 Å². The van der Waals surface area contributed by atoms with Crippen molar-refractivity contribution in [3.8, 4) is 11.5 Å². The zero-order valence-corrected chi connectivity index (χ0v) is 13.9. The van der Waals surface area contributed by atoms with E-state index < -0.39 is 0 Å². The number of ether oxygens (including phenoxy) is 1. The minimum Gasteiger partial charge on any atom is -0.507 e. The van der Waals surface area contributed by atoms with Gasteiger partial charge in [-0.25, -0.2) is 0 Å². The number of nitrogens with zero attached hydrogens (tertiary/aromatic N) is 1. The number of thiocarbonyl (C=S) groups is 1. The Labute approximate surface area is 143 Å². The third kappa shape index (κ3) is 3.09. The molecule has 0 aromatic heterocycles. The van der Waals surface area contributed by atoms with Crippen LogP contribution in [0.2, 0.25) is 0 Å². The van der Waals surface area contributed by atoms with Crippen LogP contribution in [0.3, 0.4) is 0 Å². The van der Waals surface area contributed by atoms with Gasteiger partial charge in [-0.15, -0.1) is 0 Å². The average Bonchev–Trinajstić information content (AvgIpc) is 2.84. The highest BCUT2D eigenvalue weighted by Gasteiger charge is 2.33. The van der Waals surface area contributed by atoms with Gasteiger partial charge in [-0.1, -0.05) is 42.2 Å². The molecule has 1 saturated heterocycles. The normalized spacial score (nSPS) is 16.2. The molecule has 0 bridgehead atoms. The van der Waals surface area contributed by atoms with E-state index in [0.717, 1.165) is 0 Å². The second-order valence-electron chi connectivity index (χ2n) is 4.77. The first-order valence-corrected chi connectivity index (χ1v) is 8.02. The van der Waals surface area contributed by atoms with E-state index in [-0.39, 0.29) is 11.7 Å². The minimum absolute atomic E-state index is 0.127. The maximum Gasteiger partial charge on any atom is 0.270 e. The SMILES string of the molecule is COc1ccc(N2C(=O)/C(=C\c3ccccc3O)SC2=S)cc1. The van der Waals surface area contributed by atoms with Crippen LogP contribution in [0.25, 0.3) is 6.08 Å². The number of methoxy groups -OCH3 is 1. The Kier molecular flexibility index (Phi) is 4.36. The van der Waals surface area contributed by atoms with E-state index in [1.165, 1.54) is 16.7 Å². The summed E-state index contributed by atoms with van der Waals surface area (Å²) in [6.45, 7) is 0. The van der Waals surface area contributed by atoms with E-state index in [1.54, 1.807) is 61.7 Å². The van der Waals surface area contributed by atoms with Gasteiger partial charge < -0.3 is 9.84 Å². The van der Waals surface area contributed by atoms with Gasteiger partial charge in [-0.05, 0) is 36.4 Å². The number of amides is 1. The van der Waals surface area contributed by atoms with Crippen molar-refractivity contribution in [1.29, 1.82) is 0 Å². The number of carbonyl (C=O) groups excluding carboxylic acids is 1. The van der Waals surface area contributed by atoms with Crippen LogP contribution in [0, 0.1) is 0 Å². The molecule has 1 fully saturated rings. The Morgan fingerprint density at radius 1 is 1.17 bits per heavy atom. The number of phenols is 1. The standard InChI is InChI=1S/C17H13NO3S2/c1-21-13-8-6-12(7-9-13)18-16(20)15(23-17(18)22)10-11-4-2-3-5-14(11)19/h2-10,19H,1H3/b15-10+. The summed E-state index contributed by atoms with van der Waals surface area (Å²) in [6, 6.07) is 14.0. The Hall–Kier alpha value is -2.31. The van der Waals surface area contributed by atoms with Crippen molar-refractivity contribution in [2.75, 3.05) is 12.0 Å². The zero-order valence-electron chi connectivity index (χ0n) is 12.2. The Balaban J connectivity index is 1.92. The molecule has 0 atom stereocenters. The Morgan fingerprint density at radius 3 is 2.52 bits per heavy atom. The van der Waals surface area contributed by atoms with Crippen molar-refractivity contribution in [3.63, 3.8) is 0 Å². The summed E-state index contributed by atoms with van der Waals surface area (Å²) in [5.74, 6) is 0.638. The third-order valence-electron chi connectivity index (χ3n) is 3.35. The number of rotatable bonds is 3. The number of hydrogen-bond donors (Lipinski definition) is 1. The molecule has 1 N–H and O–H groups in total. The van der Waals surface area contributed by atoms with E-state index >= 15 is 0 Å². The summed E-state index contributed by atoms with van der Waals surface area (Å²) in [6.07, 6.45) is 1.65. The molecule has 1 aliphatic rings. The quantitative estimate of drug-likeness (QED) is 0.678. The number of anilines is 1. The average molecular weight is 343 g/mol. The van der Waals surface area contributed by atoms with Crippen LogP contribution >= 0.6 is 24.0 Å². The number of aromatic hydroxyl groups is 1. The molecule has 1 heterocycles. The van der Waals surface area contributed by atoms with Crippen molar-refractivity contribution in [3.05, 3.63) is 59.0 Å². The molecular formula is C17H13NO3S2.